The van der Waals surface area contributed by atoms with Crippen LogP contribution >= 0.6 is 0 Å². The summed E-state index contributed by atoms with van der Waals surface area (Å²) in [6.45, 7) is 0.899. The minimum atomic E-state index is -0.441. The molecule has 0 aliphatic rings. The molecule has 0 aliphatic heterocycles. The second kappa shape index (κ2) is 7.77. The van der Waals surface area contributed by atoms with Crippen LogP contribution in [0.4, 0.5) is 4.39 Å². The van der Waals surface area contributed by atoms with Gasteiger partial charge in [0.25, 0.3) is 5.91 Å². The Hall–Kier alpha value is -3.22. The van der Waals surface area contributed by atoms with Gasteiger partial charge in [0.15, 0.2) is 11.6 Å². The van der Waals surface area contributed by atoms with Gasteiger partial charge < -0.3 is 9.64 Å². The van der Waals surface area contributed by atoms with Gasteiger partial charge in [0.1, 0.15) is 12.7 Å². The zero-order valence-electron chi connectivity index (χ0n) is 14.6. The Kier molecular flexibility index (Phi) is 5.26. The predicted molar refractivity (Wildman–Crippen MR) is 94.3 cm³/mol. The number of halogens is 1. The highest BCUT2D eigenvalue weighted by molar-refractivity contribution is 5.94. The van der Waals surface area contributed by atoms with Gasteiger partial charge in [-0.05, 0) is 35.4 Å². The summed E-state index contributed by atoms with van der Waals surface area (Å²) in [5.74, 6) is -0.387. The van der Waals surface area contributed by atoms with E-state index in [0.29, 0.717) is 24.2 Å². The van der Waals surface area contributed by atoms with Gasteiger partial charge >= 0.3 is 0 Å². The van der Waals surface area contributed by atoms with Crippen molar-refractivity contribution < 1.29 is 13.9 Å². The molecule has 0 saturated heterocycles. The number of rotatable bonds is 6. The second-order valence-corrected chi connectivity index (χ2v) is 5.92. The minimum absolute atomic E-state index is 0.131. The molecule has 0 spiro atoms. The normalized spacial score (nSPS) is 10.6. The molecule has 1 aromatic heterocycles. The Morgan fingerprint density at radius 3 is 2.54 bits per heavy atom. The third-order valence-electron chi connectivity index (χ3n) is 3.99. The topological polar surface area (TPSA) is 60.2 Å². The fourth-order valence-electron chi connectivity index (χ4n) is 2.63. The zero-order valence-corrected chi connectivity index (χ0v) is 14.6. The van der Waals surface area contributed by atoms with E-state index in [1.165, 1.54) is 19.5 Å². The smallest absolute Gasteiger partial charge is 0.253 e. The molecule has 0 saturated carbocycles. The highest BCUT2D eigenvalue weighted by Crippen LogP contribution is 2.19. The van der Waals surface area contributed by atoms with Crippen molar-refractivity contribution in [2.45, 2.75) is 13.1 Å². The van der Waals surface area contributed by atoms with E-state index in [9.17, 15) is 9.18 Å². The minimum Gasteiger partial charge on any atom is -0.494 e. The molecule has 1 amide bonds. The summed E-state index contributed by atoms with van der Waals surface area (Å²) in [6.07, 6.45) is 3.12. The molecule has 0 bridgehead atoms. The SMILES string of the molecule is COc1ccc(CN(C)C(=O)c2ccc(Cn3cncn3)cc2)cc1F. The highest BCUT2D eigenvalue weighted by atomic mass is 19.1. The van der Waals surface area contributed by atoms with Crippen LogP contribution in [0.2, 0.25) is 0 Å². The molecule has 1 heterocycles. The summed E-state index contributed by atoms with van der Waals surface area (Å²) < 4.78 is 20.4. The monoisotopic (exact) mass is 354 g/mol. The number of ether oxygens (including phenoxy) is 1. The van der Waals surface area contributed by atoms with E-state index in [1.807, 2.05) is 12.1 Å². The lowest BCUT2D eigenvalue weighted by Gasteiger charge is -2.18. The molecular weight excluding hydrogens is 335 g/mol. The summed E-state index contributed by atoms with van der Waals surface area (Å²) in [4.78, 5) is 18.0. The van der Waals surface area contributed by atoms with Crippen molar-refractivity contribution in [1.29, 1.82) is 0 Å². The number of hydrogen-bond donors (Lipinski definition) is 0. The maximum atomic E-state index is 13.8. The first-order valence-corrected chi connectivity index (χ1v) is 8.06. The Balaban J connectivity index is 1.65. The number of amides is 1. The quantitative estimate of drug-likeness (QED) is 0.683. The van der Waals surface area contributed by atoms with Crippen molar-refractivity contribution in [2.75, 3.05) is 14.2 Å². The van der Waals surface area contributed by atoms with Gasteiger partial charge in [0, 0.05) is 19.2 Å². The Labute approximate surface area is 150 Å². The summed E-state index contributed by atoms with van der Waals surface area (Å²) in [5.41, 5.74) is 2.29. The van der Waals surface area contributed by atoms with Gasteiger partial charge in [-0.15, -0.1) is 0 Å². The van der Waals surface area contributed by atoms with Crippen LogP contribution in [-0.4, -0.2) is 39.7 Å². The van der Waals surface area contributed by atoms with Crippen LogP contribution in [0, 0.1) is 5.82 Å². The van der Waals surface area contributed by atoms with Gasteiger partial charge in [-0.25, -0.2) is 14.1 Å². The maximum absolute atomic E-state index is 13.8. The first kappa shape index (κ1) is 17.6. The van der Waals surface area contributed by atoms with Crippen LogP contribution in [0.15, 0.2) is 55.1 Å². The maximum Gasteiger partial charge on any atom is 0.253 e. The lowest BCUT2D eigenvalue weighted by atomic mass is 10.1. The summed E-state index contributed by atoms with van der Waals surface area (Å²) in [7, 11) is 3.11. The van der Waals surface area contributed by atoms with Crippen molar-refractivity contribution in [2.24, 2.45) is 0 Å². The fourth-order valence-corrected chi connectivity index (χ4v) is 2.63. The highest BCUT2D eigenvalue weighted by Gasteiger charge is 2.13. The second-order valence-electron chi connectivity index (χ2n) is 5.92. The lowest BCUT2D eigenvalue weighted by molar-refractivity contribution is 0.0785. The molecule has 7 heteroatoms. The van der Waals surface area contributed by atoms with E-state index in [2.05, 4.69) is 10.1 Å². The molecule has 2 aromatic carbocycles. The zero-order chi connectivity index (χ0) is 18.5. The molecule has 0 N–H and O–H groups in total. The average Bonchev–Trinajstić information content (AvgIpc) is 3.15. The van der Waals surface area contributed by atoms with Crippen molar-refractivity contribution in [1.82, 2.24) is 19.7 Å². The number of aromatic nitrogens is 3. The Bertz CT molecular complexity index is 879. The average molecular weight is 354 g/mol. The molecule has 26 heavy (non-hydrogen) atoms. The summed E-state index contributed by atoms with van der Waals surface area (Å²) in [6, 6.07) is 12.0. The van der Waals surface area contributed by atoms with Crippen molar-refractivity contribution in [3.63, 3.8) is 0 Å². The van der Waals surface area contributed by atoms with Gasteiger partial charge in [0.05, 0.1) is 13.7 Å². The van der Waals surface area contributed by atoms with Crippen LogP contribution in [-0.2, 0) is 13.1 Å². The molecule has 3 aromatic rings. The number of hydrogen-bond acceptors (Lipinski definition) is 4. The van der Waals surface area contributed by atoms with Crippen LogP contribution in [0.1, 0.15) is 21.5 Å². The molecule has 3 rings (SSSR count). The standard InChI is InChI=1S/C19H19FN4O2/c1-23(10-15-5-8-18(26-2)17(20)9-15)19(25)16-6-3-14(4-7-16)11-24-13-21-12-22-24/h3-9,12-13H,10-11H2,1-2H3. The predicted octanol–water partition coefficient (Wildman–Crippen LogP) is 2.75. The molecule has 0 fully saturated rings. The van der Waals surface area contributed by atoms with E-state index < -0.39 is 5.82 Å². The molecule has 6 nitrogen and oxygen atoms in total. The molecule has 0 aliphatic carbocycles. The van der Waals surface area contributed by atoms with E-state index in [1.54, 1.807) is 47.2 Å². The Morgan fingerprint density at radius 1 is 1.19 bits per heavy atom. The van der Waals surface area contributed by atoms with Crippen molar-refractivity contribution in [3.8, 4) is 5.75 Å². The number of methoxy groups -OCH3 is 1. The third-order valence-corrected chi connectivity index (χ3v) is 3.99. The largest absolute Gasteiger partial charge is 0.494 e. The van der Waals surface area contributed by atoms with E-state index in [4.69, 9.17) is 4.74 Å². The molecule has 0 radical (unpaired) electrons. The van der Waals surface area contributed by atoms with E-state index in [-0.39, 0.29) is 11.7 Å². The van der Waals surface area contributed by atoms with Gasteiger partial charge in [-0.2, -0.15) is 5.10 Å². The molecule has 134 valence electrons. The summed E-state index contributed by atoms with van der Waals surface area (Å²) in [5, 5.41) is 4.05. The van der Waals surface area contributed by atoms with Crippen LogP contribution in [0.5, 0.6) is 5.75 Å². The lowest BCUT2D eigenvalue weighted by Crippen LogP contribution is -2.26. The van der Waals surface area contributed by atoms with Crippen LogP contribution in [0.3, 0.4) is 0 Å². The molecule has 0 unspecified atom stereocenters. The van der Waals surface area contributed by atoms with Crippen LogP contribution in [0.25, 0.3) is 0 Å². The van der Waals surface area contributed by atoms with E-state index >= 15 is 0 Å². The van der Waals surface area contributed by atoms with E-state index in [0.717, 1.165) is 5.56 Å². The van der Waals surface area contributed by atoms with Gasteiger partial charge in [-0.1, -0.05) is 18.2 Å². The number of carbonyl (C=O) groups is 1. The number of nitrogens with zero attached hydrogens (tertiary/aromatic N) is 4. The Morgan fingerprint density at radius 2 is 1.92 bits per heavy atom. The van der Waals surface area contributed by atoms with Crippen molar-refractivity contribution in [3.05, 3.63) is 77.6 Å². The number of benzene rings is 2. The summed E-state index contributed by atoms with van der Waals surface area (Å²) >= 11 is 0. The molecule has 0 atom stereocenters. The fraction of sp³-hybridized carbons (Fsp3) is 0.211. The third kappa shape index (κ3) is 4.05. The van der Waals surface area contributed by atoms with Gasteiger partial charge in [-0.3, -0.25) is 4.79 Å². The first-order chi connectivity index (χ1) is 12.6. The number of carbonyl (C=O) groups excluding carboxylic acids is 1. The van der Waals surface area contributed by atoms with Crippen molar-refractivity contribution >= 4 is 5.91 Å². The van der Waals surface area contributed by atoms with Gasteiger partial charge in [0.2, 0.25) is 0 Å². The molecular formula is C19H19FN4O2. The first-order valence-electron chi connectivity index (χ1n) is 8.06. The van der Waals surface area contributed by atoms with Crippen LogP contribution < -0.4 is 4.74 Å².